The highest BCUT2D eigenvalue weighted by atomic mass is 32.1. The van der Waals surface area contributed by atoms with Crippen LogP contribution in [-0.4, -0.2) is 87.1 Å². The lowest BCUT2D eigenvalue weighted by Crippen LogP contribution is -2.28. The molecule has 3 heterocycles. The molecule has 2 amide bonds. The van der Waals surface area contributed by atoms with Crippen molar-refractivity contribution in [2.24, 2.45) is 0 Å². The lowest BCUT2D eigenvalue weighted by molar-refractivity contribution is -0.140. The molecule has 0 aliphatic heterocycles. The van der Waals surface area contributed by atoms with Gasteiger partial charge < -0.3 is 28.6 Å². The van der Waals surface area contributed by atoms with Crippen LogP contribution in [0.2, 0.25) is 0 Å². The van der Waals surface area contributed by atoms with Crippen LogP contribution in [0.5, 0.6) is 0 Å². The molecule has 4 aromatic rings. The second-order valence-corrected chi connectivity index (χ2v) is 14.6. The Morgan fingerprint density at radius 3 is 2.41 bits per heavy atom. The molecule has 0 aliphatic carbocycles. The van der Waals surface area contributed by atoms with Crippen LogP contribution in [0.15, 0.2) is 46.8 Å². The number of nitrogens with one attached hydrogen (secondary N) is 2. The van der Waals surface area contributed by atoms with Crippen LogP contribution >= 0.6 is 18.7 Å². The van der Waals surface area contributed by atoms with Crippen molar-refractivity contribution in [2.45, 2.75) is 19.1 Å². The third-order valence-electron chi connectivity index (χ3n) is 6.90. The summed E-state index contributed by atoms with van der Waals surface area (Å²) in [7, 11) is 0.146. The van der Waals surface area contributed by atoms with Gasteiger partial charge in [-0.15, -0.1) is 11.3 Å². The molecule has 0 saturated heterocycles. The number of esters is 1. The van der Waals surface area contributed by atoms with Gasteiger partial charge in [-0.25, -0.2) is 19.6 Å². The highest BCUT2D eigenvalue weighted by molar-refractivity contribution is 7.57. The predicted molar refractivity (Wildman–Crippen MR) is 179 cm³/mol. The van der Waals surface area contributed by atoms with Crippen LogP contribution in [0.1, 0.15) is 29.0 Å². The fraction of sp³-hybridized carbons (Fsp3) is 0.387. The van der Waals surface area contributed by atoms with Crippen molar-refractivity contribution in [3.63, 3.8) is 0 Å². The summed E-state index contributed by atoms with van der Waals surface area (Å²) in [5.41, 5.74) is -0.804. The fourth-order valence-corrected chi connectivity index (χ4v) is 6.18. The summed E-state index contributed by atoms with van der Waals surface area (Å²) in [6.45, 7) is 4.76. The molecule has 0 bridgehead atoms. The summed E-state index contributed by atoms with van der Waals surface area (Å²) in [4.78, 5) is 47.4. The number of thiazole rings is 1. The molecule has 1 aromatic carbocycles. The van der Waals surface area contributed by atoms with Gasteiger partial charge in [-0.05, 0) is 30.7 Å². The van der Waals surface area contributed by atoms with Gasteiger partial charge in [0.1, 0.15) is 23.0 Å². The van der Waals surface area contributed by atoms with Gasteiger partial charge in [0.05, 0.1) is 31.4 Å². The molecule has 0 unspecified atom stereocenters. The maximum absolute atomic E-state index is 13.9. The van der Waals surface area contributed by atoms with Crippen LogP contribution in [0.4, 0.5) is 23.8 Å². The number of rotatable bonds is 14. The molecule has 3 aromatic heterocycles. The van der Waals surface area contributed by atoms with E-state index in [0.29, 0.717) is 23.2 Å². The Bertz CT molecular complexity index is 1920. The number of benzene rings is 1. The summed E-state index contributed by atoms with van der Waals surface area (Å²) in [6.07, 6.45) is -1.99. The molecule has 264 valence electrons. The van der Waals surface area contributed by atoms with Crippen LogP contribution < -0.4 is 16.1 Å². The molecule has 13 nitrogen and oxygen atoms in total. The number of carbonyl (C=O) groups excluding carboxylic acids is 2. The second kappa shape index (κ2) is 16.0. The summed E-state index contributed by atoms with van der Waals surface area (Å²) in [6, 6.07) is 5.10. The molecule has 0 radical (unpaired) electrons. The first kappa shape index (κ1) is 37.7. The molecule has 0 aliphatic rings. The number of aromatic nitrogens is 3. The van der Waals surface area contributed by atoms with E-state index in [1.54, 1.807) is 23.6 Å². The summed E-state index contributed by atoms with van der Waals surface area (Å²) in [5.74, 6) is -0.897. The van der Waals surface area contributed by atoms with E-state index in [9.17, 15) is 32.1 Å². The number of fused-ring (bicyclic) bond motifs is 1. The first-order valence-corrected chi connectivity index (χ1v) is 18.2. The SMILES string of the molecule is CCNC(=O)Nc1cc(-c2nc(C(F)(F)F)cs2)c(-c2ccc3c(c2)c(=O)c(C(=O)OCCOP(C)(C)=O)cn3C(COC)COC)cn1. The Labute approximate surface area is 283 Å². The Balaban J connectivity index is 1.89. The van der Waals surface area contributed by atoms with E-state index < -0.39 is 42.7 Å². The largest absolute Gasteiger partial charge is 0.459 e. The number of urea groups is 1. The van der Waals surface area contributed by atoms with Gasteiger partial charge in [0.2, 0.25) is 5.43 Å². The normalized spacial score (nSPS) is 12.0. The maximum atomic E-state index is 13.9. The molecule has 0 atom stereocenters. The zero-order valence-corrected chi connectivity index (χ0v) is 29.0. The number of alkyl halides is 3. The van der Waals surface area contributed by atoms with E-state index in [-0.39, 0.29) is 53.8 Å². The number of halogens is 3. The number of anilines is 1. The number of methoxy groups -OCH3 is 2. The van der Waals surface area contributed by atoms with Crippen molar-refractivity contribution < 1.29 is 46.1 Å². The van der Waals surface area contributed by atoms with Crippen LogP contribution in [0.3, 0.4) is 0 Å². The molecule has 0 saturated carbocycles. The Morgan fingerprint density at radius 2 is 1.80 bits per heavy atom. The Morgan fingerprint density at radius 1 is 1.08 bits per heavy atom. The molecule has 49 heavy (non-hydrogen) atoms. The first-order chi connectivity index (χ1) is 23.2. The van der Waals surface area contributed by atoms with Gasteiger partial charge >= 0.3 is 18.2 Å². The average molecular weight is 726 g/mol. The molecule has 18 heteroatoms. The minimum absolute atomic E-state index is 0.00955. The number of hydrogen-bond donors (Lipinski definition) is 2. The van der Waals surface area contributed by atoms with E-state index in [0.717, 1.165) is 16.7 Å². The second-order valence-electron chi connectivity index (χ2n) is 10.9. The van der Waals surface area contributed by atoms with Gasteiger partial charge in [0.25, 0.3) is 0 Å². The minimum Gasteiger partial charge on any atom is -0.459 e. The predicted octanol–water partition coefficient (Wildman–Crippen LogP) is 5.89. The first-order valence-electron chi connectivity index (χ1n) is 14.8. The molecular formula is C31H35F3N5O8PS. The van der Waals surface area contributed by atoms with E-state index in [1.165, 1.54) is 52.1 Å². The lowest BCUT2D eigenvalue weighted by Gasteiger charge is -2.23. The number of ether oxygens (including phenoxy) is 3. The molecule has 0 spiro atoms. The molecule has 2 N–H and O–H groups in total. The van der Waals surface area contributed by atoms with Gasteiger partial charge in [0, 0.05) is 68.4 Å². The van der Waals surface area contributed by atoms with Crippen LogP contribution in [-0.2, 0) is 29.5 Å². The number of pyridine rings is 2. The number of nitrogens with zero attached hydrogens (tertiary/aromatic N) is 3. The number of amides is 2. The number of hydrogen-bond acceptors (Lipinski definition) is 11. The van der Waals surface area contributed by atoms with Crippen molar-refractivity contribution in [1.82, 2.24) is 19.9 Å². The summed E-state index contributed by atoms with van der Waals surface area (Å²) < 4.78 is 75.3. The van der Waals surface area contributed by atoms with E-state index in [1.807, 2.05) is 0 Å². The van der Waals surface area contributed by atoms with E-state index in [2.05, 4.69) is 20.6 Å². The third-order valence-corrected chi connectivity index (χ3v) is 8.58. The quantitative estimate of drug-likeness (QED) is 0.0912. The molecular weight excluding hydrogens is 690 g/mol. The van der Waals surface area contributed by atoms with Gasteiger partial charge in [-0.2, -0.15) is 13.2 Å². The van der Waals surface area contributed by atoms with E-state index >= 15 is 0 Å². The Kier molecular flexibility index (Phi) is 12.3. The summed E-state index contributed by atoms with van der Waals surface area (Å²) in [5, 5.41) is 6.05. The Hall–Kier alpha value is -4.15. The smallest absolute Gasteiger partial charge is 0.434 e. The zero-order valence-electron chi connectivity index (χ0n) is 27.3. The average Bonchev–Trinajstić information content (AvgIpc) is 3.54. The van der Waals surface area contributed by atoms with Gasteiger partial charge in [-0.1, -0.05) is 6.07 Å². The fourth-order valence-electron chi connectivity index (χ4n) is 4.81. The van der Waals surface area contributed by atoms with Crippen molar-refractivity contribution >= 4 is 47.4 Å². The highest BCUT2D eigenvalue weighted by Gasteiger charge is 2.34. The maximum Gasteiger partial charge on any atom is 0.434 e. The van der Waals surface area contributed by atoms with Crippen molar-refractivity contribution in [3.05, 3.63) is 63.5 Å². The monoisotopic (exact) mass is 725 g/mol. The minimum atomic E-state index is -4.69. The summed E-state index contributed by atoms with van der Waals surface area (Å²) >= 11 is 0.748. The third kappa shape index (κ3) is 9.51. The molecule has 0 fully saturated rings. The topological polar surface area (TPSA) is 160 Å². The van der Waals surface area contributed by atoms with Gasteiger partial charge in [0.15, 0.2) is 13.1 Å². The van der Waals surface area contributed by atoms with Gasteiger partial charge in [-0.3, -0.25) is 14.7 Å². The van der Waals surface area contributed by atoms with Crippen LogP contribution in [0, 0.1) is 0 Å². The van der Waals surface area contributed by atoms with Crippen molar-refractivity contribution in [3.8, 4) is 21.7 Å². The highest BCUT2D eigenvalue weighted by Crippen LogP contribution is 2.39. The zero-order chi connectivity index (χ0) is 35.9. The number of carbonyl (C=O) groups is 2. The lowest BCUT2D eigenvalue weighted by atomic mass is 9.99. The van der Waals surface area contributed by atoms with Crippen LogP contribution in [0.25, 0.3) is 32.6 Å². The molecule has 4 rings (SSSR count). The van der Waals surface area contributed by atoms with E-state index in [4.69, 9.17) is 18.7 Å². The van der Waals surface area contributed by atoms with Crippen molar-refractivity contribution in [2.75, 3.05) is 65.8 Å². The van der Waals surface area contributed by atoms with Crippen molar-refractivity contribution in [1.29, 1.82) is 0 Å². The standard InChI is InChI=1S/C31H35F3N5O8PS/c1-6-35-30(42)38-26-12-20(28-37-25(17-49-28)31(32,33)34)22(13-36-26)18-7-8-24-21(11-18)27(40)23(14-39(24)19(15-44-2)16-45-3)29(41)46-9-10-47-48(4,5)43/h7-8,11-14,17,19H,6,9-10,15-16H2,1-5H3,(H2,35,36,38,42).